The number of amides is 1. The molecule has 2 aromatic carbocycles. The van der Waals surface area contributed by atoms with Crippen LogP contribution >= 0.6 is 0 Å². The van der Waals surface area contributed by atoms with Gasteiger partial charge >= 0.3 is 5.97 Å². The number of carbonyl (C=O) groups is 2. The van der Waals surface area contributed by atoms with Crippen molar-refractivity contribution < 1.29 is 32.3 Å². The molecule has 0 aliphatic rings. The monoisotopic (exact) mass is 460 g/mol. The molecule has 1 aromatic heterocycles. The van der Waals surface area contributed by atoms with Gasteiger partial charge in [-0.15, -0.1) is 0 Å². The third-order valence-corrected chi connectivity index (χ3v) is 6.15. The first-order valence-electron chi connectivity index (χ1n) is 9.87. The molecule has 1 amide bonds. The van der Waals surface area contributed by atoms with Crippen LogP contribution in [0.4, 0.5) is 5.69 Å². The van der Waals surface area contributed by atoms with Gasteiger partial charge in [0.15, 0.2) is 6.10 Å². The predicted molar refractivity (Wildman–Crippen MR) is 118 cm³/mol. The zero-order chi connectivity index (χ0) is 23.5. The minimum Gasteiger partial charge on any atom is -0.508 e. The Bertz CT molecular complexity index is 1230. The number of rotatable bonds is 8. The summed E-state index contributed by atoms with van der Waals surface area (Å²) in [6.07, 6.45) is 0.223. The van der Waals surface area contributed by atoms with E-state index in [1.807, 2.05) is 0 Å². The highest BCUT2D eigenvalue weighted by Crippen LogP contribution is 2.25. The highest BCUT2D eigenvalue weighted by molar-refractivity contribution is 7.89. The molecule has 0 aliphatic heterocycles. The Hall–Kier alpha value is -3.37. The molecule has 1 atom stereocenters. The van der Waals surface area contributed by atoms with E-state index in [4.69, 9.17) is 9.15 Å². The van der Waals surface area contributed by atoms with Crippen molar-refractivity contribution in [3.8, 4) is 5.75 Å². The van der Waals surface area contributed by atoms with Crippen LogP contribution in [0.15, 0.2) is 58.0 Å². The van der Waals surface area contributed by atoms with E-state index < -0.39 is 28.0 Å². The predicted octanol–water partition coefficient (Wildman–Crippen LogP) is 2.94. The van der Waals surface area contributed by atoms with Gasteiger partial charge in [-0.25, -0.2) is 13.1 Å². The molecule has 0 saturated heterocycles. The molecular weight excluding hydrogens is 436 g/mol. The van der Waals surface area contributed by atoms with Crippen LogP contribution in [-0.2, 0) is 30.8 Å². The topological polar surface area (TPSA) is 135 Å². The molecule has 0 fully saturated rings. The fraction of sp³-hybridized carbons (Fsp3) is 0.273. The molecule has 3 rings (SSSR count). The number of phenolic OH excluding ortho intramolecular Hbond substituents is 1. The molecule has 0 radical (unpaired) electrons. The van der Waals surface area contributed by atoms with E-state index in [1.54, 1.807) is 19.9 Å². The molecule has 3 N–H and O–H groups in total. The van der Waals surface area contributed by atoms with Gasteiger partial charge in [0.1, 0.15) is 11.3 Å². The number of hydrogen-bond acceptors (Lipinski definition) is 7. The van der Waals surface area contributed by atoms with Crippen molar-refractivity contribution in [2.45, 2.75) is 44.2 Å². The molecule has 32 heavy (non-hydrogen) atoms. The van der Waals surface area contributed by atoms with Crippen molar-refractivity contribution in [1.29, 1.82) is 0 Å². The average molecular weight is 461 g/mol. The SMILES string of the molecule is CC(C)NS(=O)(=O)c1ccc(NC(=O)[C@H](C)OC(=O)Cc2coc3cc(O)ccc23)cc1. The minimum absolute atomic E-state index is 0.0492. The van der Waals surface area contributed by atoms with E-state index in [1.165, 1.54) is 49.6 Å². The number of hydrogen-bond donors (Lipinski definition) is 3. The van der Waals surface area contributed by atoms with Crippen molar-refractivity contribution >= 4 is 38.6 Å². The number of carbonyl (C=O) groups excluding carboxylic acids is 2. The number of nitrogens with one attached hydrogen (secondary N) is 2. The van der Waals surface area contributed by atoms with Gasteiger partial charge in [-0.3, -0.25) is 9.59 Å². The Kier molecular flexibility index (Phi) is 6.85. The summed E-state index contributed by atoms with van der Waals surface area (Å²) >= 11 is 0. The van der Waals surface area contributed by atoms with Crippen LogP contribution in [0.5, 0.6) is 5.75 Å². The number of esters is 1. The molecule has 170 valence electrons. The normalized spacial score (nSPS) is 12.6. The Morgan fingerprint density at radius 2 is 1.78 bits per heavy atom. The smallest absolute Gasteiger partial charge is 0.311 e. The van der Waals surface area contributed by atoms with Crippen molar-refractivity contribution in [1.82, 2.24) is 4.72 Å². The summed E-state index contributed by atoms with van der Waals surface area (Å²) in [5.74, 6) is -1.13. The second kappa shape index (κ2) is 9.41. The highest BCUT2D eigenvalue weighted by atomic mass is 32.2. The maximum Gasteiger partial charge on any atom is 0.311 e. The van der Waals surface area contributed by atoms with Gasteiger partial charge in [0.05, 0.1) is 17.6 Å². The number of phenols is 1. The lowest BCUT2D eigenvalue weighted by Crippen LogP contribution is -2.31. The van der Waals surface area contributed by atoms with Crippen LogP contribution in [0.1, 0.15) is 26.3 Å². The molecule has 0 bridgehead atoms. The quantitative estimate of drug-likeness (QED) is 0.440. The third-order valence-electron chi connectivity index (χ3n) is 4.47. The first-order valence-corrected chi connectivity index (χ1v) is 11.4. The lowest BCUT2D eigenvalue weighted by molar-refractivity contribution is -0.152. The third kappa shape index (κ3) is 5.65. The number of ether oxygens (including phenoxy) is 1. The van der Waals surface area contributed by atoms with Gasteiger partial charge in [0, 0.05) is 28.7 Å². The minimum atomic E-state index is -3.63. The largest absolute Gasteiger partial charge is 0.508 e. The van der Waals surface area contributed by atoms with Gasteiger partial charge in [0.25, 0.3) is 5.91 Å². The first-order chi connectivity index (χ1) is 15.0. The average Bonchev–Trinajstić information content (AvgIpc) is 3.08. The highest BCUT2D eigenvalue weighted by Gasteiger charge is 2.20. The molecule has 0 unspecified atom stereocenters. The van der Waals surface area contributed by atoms with E-state index in [-0.39, 0.29) is 23.1 Å². The Labute approximate surface area is 185 Å². The number of furan rings is 1. The van der Waals surface area contributed by atoms with E-state index in [9.17, 15) is 23.1 Å². The molecule has 10 heteroatoms. The maximum absolute atomic E-state index is 12.4. The van der Waals surface area contributed by atoms with Gasteiger partial charge in [-0.2, -0.15) is 0 Å². The van der Waals surface area contributed by atoms with Gasteiger partial charge < -0.3 is 19.6 Å². The van der Waals surface area contributed by atoms with E-state index in [0.717, 1.165) is 0 Å². The van der Waals surface area contributed by atoms with Crippen molar-refractivity contribution in [2.24, 2.45) is 0 Å². The maximum atomic E-state index is 12.4. The molecule has 9 nitrogen and oxygen atoms in total. The van der Waals surface area contributed by atoms with E-state index in [0.29, 0.717) is 22.2 Å². The van der Waals surface area contributed by atoms with Crippen molar-refractivity contribution in [3.05, 3.63) is 54.3 Å². The number of aromatic hydroxyl groups is 1. The molecule has 0 saturated carbocycles. The molecule has 1 heterocycles. The number of sulfonamides is 1. The van der Waals surface area contributed by atoms with Crippen LogP contribution in [0.25, 0.3) is 11.0 Å². The fourth-order valence-corrected chi connectivity index (χ4v) is 4.25. The number of benzene rings is 2. The summed E-state index contributed by atoms with van der Waals surface area (Å²) in [7, 11) is -3.63. The Balaban J connectivity index is 1.57. The van der Waals surface area contributed by atoms with Crippen molar-refractivity contribution in [2.75, 3.05) is 5.32 Å². The van der Waals surface area contributed by atoms with Crippen LogP contribution in [0, 0.1) is 0 Å². The summed E-state index contributed by atoms with van der Waals surface area (Å²) in [5, 5.41) is 12.7. The molecule has 0 aliphatic carbocycles. The summed E-state index contributed by atoms with van der Waals surface area (Å²) in [6, 6.07) is 9.96. The zero-order valence-electron chi connectivity index (χ0n) is 17.8. The van der Waals surface area contributed by atoms with E-state index in [2.05, 4.69) is 10.0 Å². The summed E-state index contributed by atoms with van der Waals surface area (Å²) in [6.45, 7) is 4.87. The van der Waals surface area contributed by atoms with Gasteiger partial charge in [-0.1, -0.05) is 0 Å². The van der Waals surface area contributed by atoms with Gasteiger partial charge in [0.2, 0.25) is 10.0 Å². The Morgan fingerprint density at radius 1 is 1.09 bits per heavy atom. The lowest BCUT2D eigenvalue weighted by atomic mass is 10.1. The second-order valence-corrected chi connectivity index (χ2v) is 9.25. The van der Waals surface area contributed by atoms with Gasteiger partial charge in [-0.05, 0) is 57.2 Å². The summed E-state index contributed by atoms with van der Waals surface area (Å²) < 4.78 is 37.3. The summed E-state index contributed by atoms with van der Waals surface area (Å²) in [4.78, 5) is 24.7. The second-order valence-electron chi connectivity index (χ2n) is 7.54. The van der Waals surface area contributed by atoms with Crippen LogP contribution in [0.3, 0.4) is 0 Å². The summed E-state index contributed by atoms with van der Waals surface area (Å²) in [5.41, 5.74) is 1.37. The van der Waals surface area contributed by atoms with Crippen LogP contribution < -0.4 is 10.0 Å². The molecule has 3 aromatic rings. The van der Waals surface area contributed by atoms with Crippen molar-refractivity contribution in [3.63, 3.8) is 0 Å². The molecule has 0 spiro atoms. The molecular formula is C22H24N2O7S. The standard InChI is InChI=1S/C22H24N2O7S/c1-13(2)24-32(28,29)18-7-4-16(5-8-18)23-22(27)14(3)31-21(26)10-15-12-30-20-11-17(25)6-9-19(15)20/h4-9,11-14,24-25H,10H2,1-3H3,(H,23,27)/t14-/m0/s1. The lowest BCUT2D eigenvalue weighted by Gasteiger charge is -2.14. The number of anilines is 1. The van der Waals surface area contributed by atoms with Crippen LogP contribution in [-0.4, -0.2) is 37.5 Å². The zero-order valence-corrected chi connectivity index (χ0v) is 18.6. The fourth-order valence-electron chi connectivity index (χ4n) is 3.00. The first kappa shape index (κ1) is 23.3. The number of fused-ring (bicyclic) bond motifs is 1. The van der Waals surface area contributed by atoms with E-state index >= 15 is 0 Å². The Morgan fingerprint density at radius 3 is 2.44 bits per heavy atom. The van der Waals surface area contributed by atoms with Crippen LogP contribution in [0.2, 0.25) is 0 Å².